The Hall–Kier alpha value is -3.28. The van der Waals surface area contributed by atoms with Crippen molar-refractivity contribution in [3.05, 3.63) is 77.5 Å². The number of nitrogens with zero attached hydrogens (tertiary/aromatic N) is 2. The molecule has 0 atom stereocenters. The summed E-state index contributed by atoms with van der Waals surface area (Å²) >= 11 is 0. The molecule has 5 nitrogen and oxygen atoms in total. The number of aromatic nitrogens is 2. The number of carbonyl (C=O) groups is 1. The van der Waals surface area contributed by atoms with Crippen LogP contribution in [-0.2, 0) is 0 Å². The summed E-state index contributed by atoms with van der Waals surface area (Å²) in [6, 6.07) is 13.3. The third-order valence-electron chi connectivity index (χ3n) is 3.48. The molecule has 1 aromatic heterocycles. The quantitative estimate of drug-likeness (QED) is 0.748. The largest absolute Gasteiger partial charge is 0.340 e. The lowest BCUT2D eigenvalue weighted by Crippen LogP contribution is -2.14. The molecule has 1 amide bonds. The number of aryl methyl sites for hydroxylation is 2. The molecule has 0 unspecified atom stereocenters. The number of anilines is 3. The smallest absolute Gasteiger partial charge is 0.274 e. The molecule has 0 bridgehead atoms. The van der Waals surface area contributed by atoms with Crippen molar-refractivity contribution in [1.29, 1.82) is 0 Å². The molecule has 0 aliphatic carbocycles. The van der Waals surface area contributed by atoms with Crippen molar-refractivity contribution in [2.75, 3.05) is 10.6 Å². The summed E-state index contributed by atoms with van der Waals surface area (Å²) in [6.07, 6.45) is 1.29. The van der Waals surface area contributed by atoms with Crippen molar-refractivity contribution in [2.24, 2.45) is 0 Å². The fraction of sp³-hybridized carbons (Fsp3) is 0.105. The zero-order valence-electron chi connectivity index (χ0n) is 13.9. The minimum Gasteiger partial charge on any atom is -0.340 e. The number of halogens is 1. The first-order valence-corrected chi connectivity index (χ1v) is 7.74. The van der Waals surface area contributed by atoms with Crippen LogP contribution in [-0.4, -0.2) is 15.9 Å². The van der Waals surface area contributed by atoms with Gasteiger partial charge in [-0.25, -0.2) is 14.4 Å². The molecular weight excluding hydrogens is 319 g/mol. The summed E-state index contributed by atoms with van der Waals surface area (Å²) < 4.78 is 13.2. The van der Waals surface area contributed by atoms with E-state index in [1.807, 2.05) is 32.0 Å². The molecule has 0 radical (unpaired) electrons. The molecule has 1 heterocycles. The van der Waals surface area contributed by atoms with Crippen LogP contribution >= 0.6 is 0 Å². The zero-order valence-corrected chi connectivity index (χ0v) is 13.9. The van der Waals surface area contributed by atoms with Gasteiger partial charge in [-0.3, -0.25) is 4.79 Å². The van der Waals surface area contributed by atoms with E-state index in [9.17, 15) is 9.18 Å². The fourth-order valence-electron chi connectivity index (χ4n) is 2.51. The molecule has 2 N–H and O–H groups in total. The topological polar surface area (TPSA) is 66.9 Å². The highest BCUT2D eigenvalue weighted by molar-refractivity contribution is 6.03. The van der Waals surface area contributed by atoms with Crippen molar-refractivity contribution in [2.45, 2.75) is 13.8 Å². The highest BCUT2D eigenvalue weighted by atomic mass is 19.1. The van der Waals surface area contributed by atoms with Crippen LogP contribution in [0.4, 0.5) is 21.6 Å². The highest BCUT2D eigenvalue weighted by Crippen LogP contribution is 2.17. The van der Waals surface area contributed by atoms with E-state index in [-0.39, 0.29) is 17.4 Å². The second-order valence-electron chi connectivity index (χ2n) is 5.75. The molecule has 2 aromatic carbocycles. The number of rotatable bonds is 4. The van der Waals surface area contributed by atoms with Gasteiger partial charge in [0.15, 0.2) is 0 Å². The summed E-state index contributed by atoms with van der Waals surface area (Å²) in [5, 5.41) is 5.77. The third-order valence-corrected chi connectivity index (χ3v) is 3.48. The van der Waals surface area contributed by atoms with Gasteiger partial charge in [0.25, 0.3) is 5.91 Å². The predicted octanol–water partition coefficient (Wildman–Crippen LogP) is 4.23. The Bertz CT molecular complexity index is 907. The number of carbonyl (C=O) groups excluding carboxylic acids is 1. The fourth-order valence-corrected chi connectivity index (χ4v) is 2.51. The van der Waals surface area contributed by atoms with Gasteiger partial charge in [-0.2, -0.15) is 0 Å². The Balaban J connectivity index is 1.77. The van der Waals surface area contributed by atoms with Crippen LogP contribution in [0, 0.1) is 19.7 Å². The minimum atomic E-state index is -0.355. The molecule has 0 aliphatic rings. The van der Waals surface area contributed by atoms with Crippen LogP contribution < -0.4 is 10.6 Å². The average Bonchev–Trinajstić information content (AvgIpc) is 2.54. The van der Waals surface area contributed by atoms with E-state index in [0.717, 1.165) is 11.1 Å². The lowest BCUT2D eigenvalue weighted by atomic mass is 10.1. The first-order valence-electron chi connectivity index (χ1n) is 7.74. The Kier molecular flexibility index (Phi) is 4.70. The summed E-state index contributed by atoms with van der Waals surface area (Å²) in [4.78, 5) is 20.5. The van der Waals surface area contributed by atoms with E-state index >= 15 is 0 Å². The molecular formula is C19H17FN4O. The van der Waals surface area contributed by atoms with E-state index in [1.54, 1.807) is 12.1 Å². The number of amides is 1. The lowest BCUT2D eigenvalue weighted by Gasteiger charge is -2.09. The summed E-state index contributed by atoms with van der Waals surface area (Å²) in [5.41, 5.74) is 3.59. The van der Waals surface area contributed by atoms with Gasteiger partial charge >= 0.3 is 0 Å². The molecule has 3 aromatic rings. The van der Waals surface area contributed by atoms with Gasteiger partial charge in [0.05, 0.1) is 0 Å². The minimum absolute atomic E-state index is 0.216. The summed E-state index contributed by atoms with van der Waals surface area (Å²) in [5.74, 6) is -0.285. The summed E-state index contributed by atoms with van der Waals surface area (Å²) in [7, 11) is 0. The van der Waals surface area contributed by atoms with Crippen molar-refractivity contribution in [3.8, 4) is 0 Å². The van der Waals surface area contributed by atoms with Crippen LogP contribution in [0.25, 0.3) is 0 Å². The molecule has 126 valence electrons. The van der Waals surface area contributed by atoms with E-state index < -0.39 is 0 Å². The highest BCUT2D eigenvalue weighted by Gasteiger charge is 2.10. The Morgan fingerprint density at radius 3 is 2.44 bits per heavy atom. The predicted molar refractivity (Wildman–Crippen MR) is 95.6 cm³/mol. The Labute approximate surface area is 145 Å². The van der Waals surface area contributed by atoms with Crippen LogP contribution in [0.1, 0.15) is 21.6 Å². The van der Waals surface area contributed by atoms with Gasteiger partial charge in [-0.05, 0) is 55.3 Å². The SMILES string of the molecule is Cc1cc(C)cc(NC(=O)c2cc(Nc3cccc(F)c3)ncn2)c1. The van der Waals surface area contributed by atoms with Crippen molar-refractivity contribution in [3.63, 3.8) is 0 Å². The maximum atomic E-state index is 13.2. The van der Waals surface area contributed by atoms with Gasteiger partial charge in [0.2, 0.25) is 0 Å². The van der Waals surface area contributed by atoms with Crippen molar-refractivity contribution in [1.82, 2.24) is 9.97 Å². The maximum Gasteiger partial charge on any atom is 0.274 e. The van der Waals surface area contributed by atoms with Crippen LogP contribution in [0.3, 0.4) is 0 Å². The molecule has 25 heavy (non-hydrogen) atoms. The monoisotopic (exact) mass is 336 g/mol. The molecule has 0 fully saturated rings. The molecule has 3 rings (SSSR count). The molecule has 0 spiro atoms. The number of hydrogen-bond acceptors (Lipinski definition) is 4. The van der Waals surface area contributed by atoms with Gasteiger partial charge in [-0.15, -0.1) is 0 Å². The first-order chi connectivity index (χ1) is 12.0. The van der Waals surface area contributed by atoms with Gasteiger partial charge in [0.1, 0.15) is 23.7 Å². The second-order valence-corrected chi connectivity index (χ2v) is 5.75. The number of benzene rings is 2. The first kappa shape index (κ1) is 16.6. The standard InChI is InChI=1S/C19H17FN4O/c1-12-6-13(2)8-16(7-12)24-19(25)17-10-18(22-11-21-17)23-15-5-3-4-14(20)9-15/h3-11H,1-2H3,(H,24,25)(H,21,22,23). The maximum absolute atomic E-state index is 13.2. The average molecular weight is 336 g/mol. The second kappa shape index (κ2) is 7.09. The van der Waals surface area contributed by atoms with E-state index in [0.29, 0.717) is 17.2 Å². The zero-order chi connectivity index (χ0) is 17.8. The van der Waals surface area contributed by atoms with Crippen molar-refractivity contribution < 1.29 is 9.18 Å². The molecule has 6 heteroatoms. The molecule has 0 saturated carbocycles. The van der Waals surface area contributed by atoms with Crippen LogP contribution in [0.5, 0.6) is 0 Å². The van der Waals surface area contributed by atoms with E-state index in [1.165, 1.54) is 24.5 Å². The van der Waals surface area contributed by atoms with Crippen molar-refractivity contribution >= 4 is 23.1 Å². The number of hydrogen-bond donors (Lipinski definition) is 2. The number of nitrogens with one attached hydrogen (secondary N) is 2. The van der Waals surface area contributed by atoms with Gasteiger partial charge < -0.3 is 10.6 Å². The molecule has 0 aliphatic heterocycles. The van der Waals surface area contributed by atoms with Gasteiger partial charge in [0, 0.05) is 17.4 Å². The Morgan fingerprint density at radius 2 is 1.72 bits per heavy atom. The summed E-state index contributed by atoms with van der Waals surface area (Å²) in [6.45, 7) is 3.93. The normalized spacial score (nSPS) is 10.4. The van der Waals surface area contributed by atoms with E-state index in [2.05, 4.69) is 20.6 Å². The van der Waals surface area contributed by atoms with Crippen LogP contribution in [0.15, 0.2) is 54.9 Å². The third kappa shape index (κ3) is 4.38. The van der Waals surface area contributed by atoms with E-state index in [4.69, 9.17) is 0 Å². The molecule has 0 saturated heterocycles. The van der Waals surface area contributed by atoms with Gasteiger partial charge in [-0.1, -0.05) is 12.1 Å². The lowest BCUT2D eigenvalue weighted by molar-refractivity contribution is 0.102. The Morgan fingerprint density at radius 1 is 0.960 bits per heavy atom. The van der Waals surface area contributed by atoms with Crippen LogP contribution in [0.2, 0.25) is 0 Å².